The highest BCUT2D eigenvalue weighted by Crippen LogP contribution is 2.11. The zero-order valence-electron chi connectivity index (χ0n) is 19.4. The number of methoxy groups -OCH3 is 1. The fourth-order valence-corrected chi connectivity index (χ4v) is 2.84. The molecule has 0 fully saturated rings. The molecular formula is C28H36O4. The Bertz CT molecular complexity index is 794. The third-order valence-electron chi connectivity index (χ3n) is 4.59. The van der Waals surface area contributed by atoms with Crippen LogP contribution in [-0.4, -0.2) is 25.2 Å². The summed E-state index contributed by atoms with van der Waals surface area (Å²) in [5.41, 5.74) is 0.576. The van der Waals surface area contributed by atoms with Gasteiger partial charge in [0.05, 0.1) is 12.7 Å². The van der Waals surface area contributed by atoms with Crippen LogP contribution in [0.4, 0.5) is 0 Å². The number of benzene rings is 1. The number of carbonyl (C=O) groups is 2. The van der Waals surface area contributed by atoms with E-state index in [1.807, 2.05) is 18.2 Å². The third kappa shape index (κ3) is 14.0. The highest BCUT2D eigenvalue weighted by atomic mass is 16.5. The van der Waals surface area contributed by atoms with Gasteiger partial charge in [-0.15, -0.1) is 0 Å². The molecule has 0 aliphatic rings. The molecule has 1 aromatic carbocycles. The first-order valence-corrected chi connectivity index (χ1v) is 11.4. The first kappa shape index (κ1) is 27.0. The number of carbonyl (C=O) groups excluding carboxylic acids is 2. The van der Waals surface area contributed by atoms with Crippen molar-refractivity contribution in [1.29, 1.82) is 0 Å². The molecule has 0 heterocycles. The van der Waals surface area contributed by atoms with Crippen molar-refractivity contribution < 1.29 is 19.1 Å². The lowest BCUT2D eigenvalue weighted by molar-refractivity contribution is -0.140. The summed E-state index contributed by atoms with van der Waals surface area (Å²) in [6, 6.07) is 9.07. The van der Waals surface area contributed by atoms with E-state index >= 15 is 0 Å². The van der Waals surface area contributed by atoms with Crippen molar-refractivity contribution in [3.05, 3.63) is 72.4 Å². The molecule has 0 N–H and O–H groups in total. The topological polar surface area (TPSA) is 52.6 Å². The molecule has 32 heavy (non-hydrogen) atoms. The minimum atomic E-state index is -0.284. The van der Waals surface area contributed by atoms with Gasteiger partial charge in [-0.1, -0.05) is 79.8 Å². The maximum Gasteiger partial charge on any atom is 0.338 e. The maximum atomic E-state index is 12.2. The lowest BCUT2D eigenvalue weighted by atomic mass is 10.1. The van der Waals surface area contributed by atoms with Gasteiger partial charge < -0.3 is 9.47 Å². The van der Waals surface area contributed by atoms with Crippen molar-refractivity contribution in [2.24, 2.45) is 0 Å². The Kier molecular flexibility index (Phi) is 15.8. The predicted molar refractivity (Wildman–Crippen MR) is 130 cm³/mol. The molecule has 0 aliphatic heterocycles. The summed E-state index contributed by atoms with van der Waals surface area (Å²) in [6.45, 7) is 2.08. The highest BCUT2D eigenvalue weighted by Gasteiger charge is 2.14. The average Bonchev–Trinajstić information content (AvgIpc) is 2.81. The van der Waals surface area contributed by atoms with E-state index in [0.717, 1.165) is 38.5 Å². The van der Waals surface area contributed by atoms with Gasteiger partial charge in [0.2, 0.25) is 0 Å². The number of esters is 2. The van der Waals surface area contributed by atoms with Crippen LogP contribution in [0.25, 0.3) is 0 Å². The zero-order valence-corrected chi connectivity index (χ0v) is 19.4. The first-order valence-electron chi connectivity index (χ1n) is 11.4. The maximum absolute atomic E-state index is 12.2. The Morgan fingerprint density at radius 3 is 2.34 bits per heavy atom. The molecule has 1 aromatic rings. The molecule has 0 spiro atoms. The van der Waals surface area contributed by atoms with Crippen molar-refractivity contribution in [2.75, 3.05) is 7.11 Å². The smallest absolute Gasteiger partial charge is 0.338 e. The number of hydrogen-bond acceptors (Lipinski definition) is 4. The minimum absolute atomic E-state index is 0.151. The third-order valence-corrected chi connectivity index (χ3v) is 4.59. The van der Waals surface area contributed by atoms with Crippen molar-refractivity contribution in [1.82, 2.24) is 0 Å². The van der Waals surface area contributed by atoms with Gasteiger partial charge in [-0.05, 0) is 44.2 Å². The van der Waals surface area contributed by atoms with Crippen molar-refractivity contribution >= 4 is 11.9 Å². The van der Waals surface area contributed by atoms with Crippen LogP contribution in [0.3, 0.4) is 0 Å². The second-order valence-electron chi connectivity index (χ2n) is 7.30. The number of rotatable bonds is 14. The highest BCUT2D eigenvalue weighted by molar-refractivity contribution is 5.89. The summed E-state index contributed by atoms with van der Waals surface area (Å²) < 4.78 is 10.2. The summed E-state index contributed by atoms with van der Waals surface area (Å²) in [5, 5.41) is 0. The van der Waals surface area contributed by atoms with Gasteiger partial charge in [0, 0.05) is 19.3 Å². The van der Waals surface area contributed by atoms with Crippen LogP contribution in [0.1, 0.15) is 75.1 Å². The fourth-order valence-electron chi connectivity index (χ4n) is 2.84. The lowest BCUT2D eigenvalue weighted by Gasteiger charge is -2.14. The van der Waals surface area contributed by atoms with E-state index < -0.39 is 0 Å². The Morgan fingerprint density at radius 2 is 1.66 bits per heavy atom. The molecule has 0 saturated heterocycles. The van der Waals surface area contributed by atoms with E-state index in [-0.39, 0.29) is 18.0 Å². The van der Waals surface area contributed by atoms with E-state index in [9.17, 15) is 9.59 Å². The van der Waals surface area contributed by atoms with Crippen molar-refractivity contribution in [3.63, 3.8) is 0 Å². The standard InChI is InChI=1S/C28H36O4/c1-3-20-26(32-28(30)25-21-16-15-17-22-25)23-18-13-11-9-7-5-4-6-8-10-12-14-19-24-27(29)31-2/h4,6-7,9-10,12,15-17,21-22,26H,3,5,8,11,14,19-20,23-24H2,1-2H3/b6-4-,9-7-,12-10-/t26-/m1/s1. The quantitative estimate of drug-likeness (QED) is 0.143. The van der Waals surface area contributed by atoms with Gasteiger partial charge in [-0.2, -0.15) is 0 Å². The summed E-state index contributed by atoms with van der Waals surface area (Å²) in [5.74, 6) is 5.84. The van der Waals surface area contributed by atoms with Crippen LogP contribution in [0, 0.1) is 11.8 Å². The molecule has 0 aromatic heterocycles. The second kappa shape index (κ2) is 18.7. The Morgan fingerprint density at radius 1 is 0.969 bits per heavy atom. The molecule has 0 bridgehead atoms. The molecule has 4 nitrogen and oxygen atoms in total. The summed E-state index contributed by atoms with van der Waals surface area (Å²) in [4.78, 5) is 23.2. The molecule has 4 heteroatoms. The van der Waals surface area contributed by atoms with Gasteiger partial charge >= 0.3 is 11.9 Å². The second-order valence-corrected chi connectivity index (χ2v) is 7.30. The lowest BCUT2D eigenvalue weighted by Crippen LogP contribution is -2.17. The first-order chi connectivity index (χ1) is 15.7. The van der Waals surface area contributed by atoms with Gasteiger partial charge in [0.25, 0.3) is 0 Å². The molecule has 1 rings (SSSR count). The van der Waals surface area contributed by atoms with Crippen molar-refractivity contribution in [2.45, 2.75) is 70.8 Å². The minimum Gasteiger partial charge on any atom is -0.469 e. The number of hydrogen-bond donors (Lipinski definition) is 0. The van der Waals surface area contributed by atoms with Gasteiger partial charge in [-0.3, -0.25) is 4.79 Å². The Balaban J connectivity index is 2.19. The molecule has 0 saturated carbocycles. The SMILES string of the molecule is CCC[C@H](CC#CC/C=C\C/C=C\C/C=C\CCCC(=O)OC)OC(=O)c1ccccc1. The zero-order chi connectivity index (χ0) is 23.3. The van der Waals surface area contributed by atoms with Crippen LogP contribution in [0.2, 0.25) is 0 Å². The van der Waals surface area contributed by atoms with Crippen LogP contribution >= 0.6 is 0 Å². The molecular weight excluding hydrogens is 400 g/mol. The number of unbranched alkanes of at least 4 members (excludes halogenated alkanes) is 1. The van der Waals surface area contributed by atoms with E-state index in [1.54, 1.807) is 12.1 Å². The average molecular weight is 437 g/mol. The van der Waals surface area contributed by atoms with E-state index in [2.05, 4.69) is 60.0 Å². The number of allylic oxidation sites excluding steroid dienone is 6. The molecule has 1 atom stereocenters. The van der Waals surface area contributed by atoms with E-state index in [4.69, 9.17) is 4.74 Å². The van der Waals surface area contributed by atoms with Gasteiger partial charge in [0.15, 0.2) is 0 Å². The van der Waals surface area contributed by atoms with Crippen molar-refractivity contribution in [3.8, 4) is 11.8 Å². The fraction of sp³-hybridized carbons (Fsp3) is 0.429. The predicted octanol–water partition coefficient (Wildman–Crippen LogP) is 6.59. The van der Waals surface area contributed by atoms with Crippen LogP contribution < -0.4 is 0 Å². The summed E-state index contributed by atoms with van der Waals surface area (Å²) in [6.07, 6.45) is 19.4. The molecule has 0 radical (unpaired) electrons. The number of ether oxygens (including phenoxy) is 2. The van der Waals surface area contributed by atoms with E-state index in [1.165, 1.54) is 7.11 Å². The van der Waals surface area contributed by atoms with Crippen LogP contribution in [0.15, 0.2) is 66.8 Å². The Labute approximate surface area is 193 Å². The monoisotopic (exact) mass is 436 g/mol. The molecule has 172 valence electrons. The van der Waals surface area contributed by atoms with Crippen LogP contribution in [0.5, 0.6) is 0 Å². The molecule has 0 aliphatic carbocycles. The van der Waals surface area contributed by atoms with Crippen LogP contribution in [-0.2, 0) is 14.3 Å². The molecule has 0 amide bonds. The van der Waals surface area contributed by atoms with E-state index in [0.29, 0.717) is 24.8 Å². The Hall–Kier alpha value is -3.06. The largest absolute Gasteiger partial charge is 0.469 e. The van der Waals surface area contributed by atoms with Gasteiger partial charge in [0.1, 0.15) is 6.10 Å². The molecule has 0 unspecified atom stereocenters. The van der Waals surface area contributed by atoms with Gasteiger partial charge in [-0.25, -0.2) is 4.79 Å². The normalized spacial score (nSPS) is 12.1. The summed E-state index contributed by atoms with van der Waals surface area (Å²) >= 11 is 0. The summed E-state index contributed by atoms with van der Waals surface area (Å²) in [7, 11) is 1.42.